The lowest BCUT2D eigenvalue weighted by Crippen LogP contribution is -2.25. The van der Waals surface area contributed by atoms with Crippen molar-refractivity contribution in [2.24, 2.45) is 23.7 Å². The molecule has 0 bridgehead atoms. The molecular formula is C29H46O. The molecule has 30 heavy (non-hydrogen) atoms. The maximum atomic E-state index is 6.16. The third kappa shape index (κ3) is 6.38. The Morgan fingerprint density at radius 2 is 1.67 bits per heavy atom. The summed E-state index contributed by atoms with van der Waals surface area (Å²) in [6.45, 7) is 11.6. The zero-order valence-corrected chi connectivity index (χ0v) is 20.0. The zero-order valence-electron chi connectivity index (χ0n) is 20.0. The summed E-state index contributed by atoms with van der Waals surface area (Å²) in [7, 11) is 0. The maximum absolute atomic E-state index is 6.16. The summed E-state index contributed by atoms with van der Waals surface area (Å²) in [5.74, 6) is 5.46. The molecule has 2 aliphatic carbocycles. The van der Waals surface area contributed by atoms with Crippen molar-refractivity contribution in [1.82, 2.24) is 0 Å². The molecular weight excluding hydrogens is 364 g/mol. The molecule has 1 atom stereocenters. The molecule has 0 aromatic heterocycles. The Hall–Kier alpha value is -1.24. The van der Waals surface area contributed by atoms with Crippen LogP contribution in [0.3, 0.4) is 0 Å². The molecule has 0 spiro atoms. The Balaban J connectivity index is 1.54. The van der Waals surface area contributed by atoms with Crippen LogP contribution in [0.15, 0.2) is 30.9 Å². The molecule has 3 rings (SSSR count). The third-order valence-electron chi connectivity index (χ3n) is 8.17. The summed E-state index contributed by atoms with van der Waals surface area (Å²) in [5.41, 5.74) is 2.86. The van der Waals surface area contributed by atoms with Gasteiger partial charge in [-0.2, -0.15) is 0 Å². The van der Waals surface area contributed by atoms with Crippen LogP contribution in [-0.4, -0.2) is 6.61 Å². The summed E-state index contributed by atoms with van der Waals surface area (Å²) < 4.78 is 6.16. The summed E-state index contributed by atoms with van der Waals surface area (Å²) >= 11 is 0. The van der Waals surface area contributed by atoms with Crippen molar-refractivity contribution in [1.29, 1.82) is 0 Å². The van der Waals surface area contributed by atoms with E-state index in [4.69, 9.17) is 4.74 Å². The minimum atomic E-state index is 0.605. The van der Waals surface area contributed by atoms with Crippen molar-refractivity contribution in [2.75, 3.05) is 6.61 Å². The van der Waals surface area contributed by atoms with Gasteiger partial charge < -0.3 is 4.74 Å². The van der Waals surface area contributed by atoms with E-state index in [9.17, 15) is 0 Å². The molecule has 0 saturated heterocycles. The fraction of sp³-hybridized carbons (Fsp3) is 0.724. The second-order valence-electron chi connectivity index (χ2n) is 10.4. The lowest BCUT2D eigenvalue weighted by Gasteiger charge is -2.38. The molecule has 0 unspecified atom stereocenters. The molecule has 0 aliphatic heterocycles. The van der Waals surface area contributed by atoms with Gasteiger partial charge in [0.25, 0.3) is 0 Å². The fourth-order valence-electron chi connectivity index (χ4n) is 5.94. The van der Waals surface area contributed by atoms with Crippen LogP contribution in [0, 0.1) is 23.7 Å². The van der Waals surface area contributed by atoms with Crippen molar-refractivity contribution in [2.45, 2.75) is 104 Å². The van der Waals surface area contributed by atoms with Crippen molar-refractivity contribution >= 4 is 0 Å². The van der Waals surface area contributed by atoms with Crippen LogP contribution in [-0.2, 0) is 6.42 Å². The van der Waals surface area contributed by atoms with Gasteiger partial charge in [-0.1, -0.05) is 71.1 Å². The van der Waals surface area contributed by atoms with E-state index < -0.39 is 0 Å². The van der Waals surface area contributed by atoms with Gasteiger partial charge in [-0.3, -0.25) is 0 Å². The molecule has 1 aromatic carbocycles. The van der Waals surface area contributed by atoms with Crippen LogP contribution in [0.25, 0.3) is 0 Å². The standard InChI is InChI=1S/C29H46O/c1-5-8-23-10-12-24(13-11-23)25-14-16-26(17-15-25)27-18-19-29(28(20-27)9-6-2)30-21-22(4)7-3/h6,18-20,22-26H,2,5,7-17,21H2,1,3-4H3/t22-,23-,24-,25?,26?/m0/s1. The van der Waals surface area contributed by atoms with Gasteiger partial charge in [0, 0.05) is 0 Å². The van der Waals surface area contributed by atoms with E-state index in [1.54, 1.807) is 0 Å². The monoisotopic (exact) mass is 410 g/mol. The first kappa shape index (κ1) is 23.4. The Bertz CT molecular complexity index is 632. The zero-order chi connectivity index (χ0) is 21.3. The number of hydrogen-bond donors (Lipinski definition) is 0. The average Bonchev–Trinajstić information content (AvgIpc) is 2.79. The lowest BCUT2D eigenvalue weighted by atomic mass is 9.68. The highest BCUT2D eigenvalue weighted by atomic mass is 16.5. The van der Waals surface area contributed by atoms with Crippen molar-refractivity contribution < 1.29 is 4.74 Å². The molecule has 0 heterocycles. The highest BCUT2D eigenvalue weighted by Gasteiger charge is 2.31. The molecule has 1 nitrogen and oxygen atoms in total. The second-order valence-corrected chi connectivity index (χ2v) is 10.4. The Morgan fingerprint density at radius 1 is 1.00 bits per heavy atom. The molecule has 1 heteroatoms. The summed E-state index contributed by atoms with van der Waals surface area (Å²) in [6, 6.07) is 7.01. The van der Waals surface area contributed by atoms with Gasteiger partial charge in [-0.15, -0.1) is 6.58 Å². The Kier molecular flexibility index (Phi) is 9.34. The first-order chi connectivity index (χ1) is 14.6. The fourth-order valence-corrected chi connectivity index (χ4v) is 5.94. The molecule has 2 fully saturated rings. The summed E-state index contributed by atoms with van der Waals surface area (Å²) in [4.78, 5) is 0. The van der Waals surface area contributed by atoms with Gasteiger partial charge in [0.2, 0.25) is 0 Å². The van der Waals surface area contributed by atoms with E-state index in [1.165, 1.54) is 81.8 Å². The molecule has 0 N–H and O–H groups in total. The third-order valence-corrected chi connectivity index (χ3v) is 8.17. The van der Waals surface area contributed by atoms with E-state index >= 15 is 0 Å². The second kappa shape index (κ2) is 12.0. The minimum absolute atomic E-state index is 0.605. The maximum Gasteiger partial charge on any atom is 0.122 e. The number of rotatable bonds is 10. The van der Waals surface area contributed by atoms with Gasteiger partial charge in [0.05, 0.1) is 6.61 Å². The van der Waals surface area contributed by atoms with Crippen LogP contribution in [0.2, 0.25) is 0 Å². The Labute approximate surface area is 186 Å². The molecule has 0 amide bonds. The van der Waals surface area contributed by atoms with Crippen molar-refractivity contribution in [3.63, 3.8) is 0 Å². The molecule has 2 aliphatic rings. The quantitative estimate of drug-likeness (QED) is 0.350. The van der Waals surface area contributed by atoms with Crippen molar-refractivity contribution in [3.8, 4) is 5.75 Å². The SMILES string of the molecule is C=CCc1cc(C2CCC([C@H]3CC[C@H](CCC)CC3)CC2)ccc1OC[C@@H](C)CC. The summed E-state index contributed by atoms with van der Waals surface area (Å²) in [6.07, 6.45) is 18.6. The number of ether oxygens (including phenoxy) is 1. The molecule has 2 saturated carbocycles. The van der Waals surface area contributed by atoms with Crippen molar-refractivity contribution in [3.05, 3.63) is 42.0 Å². The normalized spacial score (nSPS) is 28.1. The molecule has 0 radical (unpaired) electrons. The van der Waals surface area contributed by atoms with Crippen LogP contribution in [0.4, 0.5) is 0 Å². The molecule has 1 aromatic rings. The van der Waals surface area contributed by atoms with Gasteiger partial charge in [0.15, 0.2) is 0 Å². The van der Waals surface area contributed by atoms with Crippen LogP contribution in [0.5, 0.6) is 5.75 Å². The van der Waals surface area contributed by atoms with Crippen LogP contribution < -0.4 is 4.74 Å². The first-order valence-corrected chi connectivity index (χ1v) is 13.0. The van der Waals surface area contributed by atoms with Gasteiger partial charge in [0.1, 0.15) is 5.75 Å². The number of allylic oxidation sites excluding steroid dienone is 1. The number of benzene rings is 1. The van der Waals surface area contributed by atoms with E-state index in [-0.39, 0.29) is 0 Å². The largest absolute Gasteiger partial charge is 0.493 e. The average molecular weight is 411 g/mol. The highest BCUT2D eigenvalue weighted by Crippen LogP contribution is 2.45. The topological polar surface area (TPSA) is 9.23 Å². The van der Waals surface area contributed by atoms with E-state index in [0.29, 0.717) is 5.92 Å². The van der Waals surface area contributed by atoms with Crippen LogP contribution >= 0.6 is 0 Å². The predicted octanol–water partition coefficient (Wildman–Crippen LogP) is 8.72. The minimum Gasteiger partial charge on any atom is -0.493 e. The number of hydrogen-bond acceptors (Lipinski definition) is 1. The lowest BCUT2D eigenvalue weighted by molar-refractivity contribution is 0.156. The van der Waals surface area contributed by atoms with Crippen LogP contribution in [0.1, 0.15) is 108 Å². The first-order valence-electron chi connectivity index (χ1n) is 13.0. The molecule has 168 valence electrons. The summed E-state index contributed by atoms with van der Waals surface area (Å²) in [5, 5.41) is 0. The van der Waals surface area contributed by atoms with E-state index in [1.807, 2.05) is 6.08 Å². The van der Waals surface area contributed by atoms with Gasteiger partial charge in [-0.25, -0.2) is 0 Å². The highest BCUT2D eigenvalue weighted by molar-refractivity contribution is 5.40. The smallest absolute Gasteiger partial charge is 0.122 e. The van der Waals surface area contributed by atoms with E-state index in [2.05, 4.69) is 45.5 Å². The Morgan fingerprint density at radius 3 is 2.27 bits per heavy atom. The predicted molar refractivity (Wildman–Crippen MR) is 130 cm³/mol. The van der Waals surface area contributed by atoms with Gasteiger partial charge in [-0.05, 0) is 91.7 Å². The van der Waals surface area contributed by atoms with E-state index in [0.717, 1.165) is 42.4 Å². The van der Waals surface area contributed by atoms with Gasteiger partial charge >= 0.3 is 0 Å².